The van der Waals surface area contributed by atoms with Gasteiger partial charge in [-0.15, -0.1) is 0 Å². The number of piperidine rings is 1. The normalized spacial score (nSPS) is 19.3. The monoisotopic (exact) mass is 322 g/mol. The molecule has 1 saturated heterocycles. The van der Waals surface area contributed by atoms with Crippen LogP contribution in [0.4, 0.5) is 4.39 Å². The van der Waals surface area contributed by atoms with Gasteiger partial charge in [0.15, 0.2) is 0 Å². The van der Waals surface area contributed by atoms with E-state index in [1.165, 1.54) is 12.1 Å². The quantitative estimate of drug-likeness (QED) is 0.845. The van der Waals surface area contributed by atoms with Crippen molar-refractivity contribution < 1.29 is 14.3 Å². The van der Waals surface area contributed by atoms with Gasteiger partial charge in [0, 0.05) is 13.2 Å². The molecule has 1 fully saturated rings. The maximum Gasteiger partial charge on any atom is 0.237 e. The number of carbonyl (C=O) groups excluding carboxylic acids is 1. The van der Waals surface area contributed by atoms with Crippen molar-refractivity contribution in [2.75, 3.05) is 19.7 Å². The molecule has 128 valence electrons. The molecule has 1 aliphatic rings. The molecule has 1 amide bonds. The van der Waals surface area contributed by atoms with E-state index in [1.807, 2.05) is 6.92 Å². The Hall–Kier alpha value is -1.46. The Morgan fingerprint density at radius 2 is 1.96 bits per heavy atom. The summed E-state index contributed by atoms with van der Waals surface area (Å²) in [6.07, 6.45) is 2.83. The van der Waals surface area contributed by atoms with Gasteiger partial charge in [0.2, 0.25) is 5.91 Å². The molecule has 0 radical (unpaired) electrons. The van der Waals surface area contributed by atoms with Crippen LogP contribution in [0.3, 0.4) is 0 Å². The van der Waals surface area contributed by atoms with E-state index in [1.54, 1.807) is 12.1 Å². The van der Waals surface area contributed by atoms with Gasteiger partial charge in [-0.2, -0.15) is 0 Å². The zero-order valence-electron chi connectivity index (χ0n) is 14.0. The van der Waals surface area contributed by atoms with Crippen molar-refractivity contribution in [1.29, 1.82) is 0 Å². The van der Waals surface area contributed by atoms with Gasteiger partial charge in [0.05, 0.1) is 6.04 Å². The number of nitrogens with zero attached hydrogens (tertiary/aromatic N) is 1. The van der Waals surface area contributed by atoms with Crippen LogP contribution in [-0.4, -0.2) is 41.7 Å². The van der Waals surface area contributed by atoms with Crippen LogP contribution in [0.2, 0.25) is 0 Å². The van der Waals surface area contributed by atoms with E-state index in [4.69, 9.17) is 0 Å². The lowest BCUT2D eigenvalue weighted by molar-refractivity contribution is -0.127. The minimum atomic E-state index is -0.273. The maximum atomic E-state index is 12.9. The van der Waals surface area contributed by atoms with Crippen LogP contribution in [0.25, 0.3) is 0 Å². The fourth-order valence-electron chi connectivity index (χ4n) is 3.11. The molecule has 5 heteroatoms. The number of rotatable bonds is 6. The van der Waals surface area contributed by atoms with E-state index in [-0.39, 0.29) is 29.8 Å². The topological polar surface area (TPSA) is 52.6 Å². The van der Waals surface area contributed by atoms with Crippen LogP contribution in [0.1, 0.15) is 38.7 Å². The molecule has 0 spiro atoms. The molecule has 0 aromatic heterocycles. The van der Waals surface area contributed by atoms with Crippen molar-refractivity contribution in [2.24, 2.45) is 5.41 Å². The number of likely N-dealkylation sites (tertiary alicyclic amines) is 1. The molecule has 1 aromatic rings. The zero-order valence-corrected chi connectivity index (χ0v) is 14.0. The maximum absolute atomic E-state index is 12.9. The van der Waals surface area contributed by atoms with Crippen LogP contribution in [0, 0.1) is 11.2 Å². The predicted molar refractivity (Wildman–Crippen MR) is 88.3 cm³/mol. The lowest BCUT2D eigenvalue weighted by Crippen LogP contribution is -2.50. The zero-order chi connectivity index (χ0) is 16.9. The van der Waals surface area contributed by atoms with Gasteiger partial charge in [-0.1, -0.05) is 19.1 Å². The van der Waals surface area contributed by atoms with Gasteiger partial charge in [-0.3, -0.25) is 9.69 Å². The summed E-state index contributed by atoms with van der Waals surface area (Å²) in [5.41, 5.74) is 0.914. The first-order chi connectivity index (χ1) is 11.0. The van der Waals surface area contributed by atoms with Crippen LogP contribution >= 0.6 is 0 Å². The highest BCUT2D eigenvalue weighted by Gasteiger charge is 2.35. The number of hydrogen-bond acceptors (Lipinski definition) is 3. The second kappa shape index (κ2) is 7.88. The summed E-state index contributed by atoms with van der Waals surface area (Å²) in [6.45, 7) is 6.33. The van der Waals surface area contributed by atoms with Crippen LogP contribution in [0.5, 0.6) is 0 Å². The van der Waals surface area contributed by atoms with Crippen molar-refractivity contribution >= 4 is 5.91 Å². The molecule has 1 aromatic carbocycles. The number of amides is 1. The Balaban J connectivity index is 1.82. The largest absolute Gasteiger partial charge is 0.396 e. The Labute approximate surface area is 137 Å². The predicted octanol–water partition coefficient (Wildman–Crippen LogP) is 2.31. The third-order valence-corrected chi connectivity index (χ3v) is 5.25. The summed E-state index contributed by atoms with van der Waals surface area (Å²) >= 11 is 0. The molecular weight excluding hydrogens is 295 g/mol. The number of halogens is 1. The number of benzene rings is 1. The van der Waals surface area contributed by atoms with Crippen LogP contribution in [0.15, 0.2) is 24.3 Å². The van der Waals surface area contributed by atoms with Crippen molar-refractivity contribution in [3.05, 3.63) is 35.6 Å². The van der Waals surface area contributed by atoms with Crippen molar-refractivity contribution in [1.82, 2.24) is 10.2 Å². The Morgan fingerprint density at radius 1 is 1.35 bits per heavy atom. The third-order valence-electron chi connectivity index (χ3n) is 5.25. The third kappa shape index (κ3) is 4.52. The number of aliphatic hydroxyl groups is 1. The molecule has 0 bridgehead atoms. The minimum absolute atomic E-state index is 0.0117. The van der Waals surface area contributed by atoms with E-state index >= 15 is 0 Å². The van der Waals surface area contributed by atoms with E-state index in [0.29, 0.717) is 6.54 Å². The fraction of sp³-hybridized carbons (Fsp3) is 0.611. The molecule has 2 N–H and O–H groups in total. The summed E-state index contributed by atoms with van der Waals surface area (Å²) in [4.78, 5) is 14.5. The molecule has 1 atom stereocenters. The molecule has 23 heavy (non-hydrogen) atoms. The van der Waals surface area contributed by atoms with E-state index < -0.39 is 0 Å². The van der Waals surface area contributed by atoms with Gasteiger partial charge in [0.25, 0.3) is 0 Å². The van der Waals surface area contributed by atoms with Crippen molar-refractivity contribution in [3.8, 4) is 0 Å². The molecule has 2 rings (SSSR count). The standard InChI is InChI=1S/C18H27FN2O2/c1-3-18(13-22)8-10-21(11-9-18)14(2)17(23)20-12-15-4-6-16(19)7-5-15/h4-7,14,22H,3,8-13H2,1-2H3,(H,20,23). The van der Waals surface area contributed by atoms with E-state index in [0.717, 1.165) is 37.9 Å². The molecule has 1 aliphatic heterocycles. The first-order valence-corrected chi connectivity index (χ1v) is 8.37. The summed E-state index contributed by atoms with van der Waals surface area (Å²) in [5.74, 6) is -0.285. The highest BCUT2D eigenvalue weighted by Crippen LogP contribution is 2.34. The average molecular weight is 322 g/mol. The van der Waals surface area contributed by atoms with Crippen LogP contribution < -0.4 is 5.32 Å². The molecule has 1 unspecified atom stereocenters. The Morgan fingerprint density at radius 3 is 2.48 bits per heavy atom. The number of aliphatic hydroxyl groups excluding tert-OH is 1. The second-order valence-electron chi connectivity index (χ2n) is 6.57. The Kier molecular flexibility index (Phi) is 6.13. The van der Waals surface area contributed by atoms with E-state index in [9.17, 15) is 14.3 Å². The highest BCUT2D eigenvalue weighted by molar-refractivity contribution is 5.81. The highest BCUT2D eigenvalue weighted by atomic mass is 19.1. The SMILES string of the molecule is CCC1(CO)CCN(C(C)C(=O)NCc2ccc(F)cc2)CC1. The van der Waals surface area contributed by atoms with Crippen LogP contribution in [-0.2, 0) is 11.3 Å². The lowest BCUT2D eigenvalue weighted by atomic mass is 9.76. The Bertz CT molecular complexity index is 504. The molecular formula is C18H27FN2O2. The van der Waals surface area contributed by atoms with Gasteiger partial charge >= 0.3 is 0 Å². The number of carbonyl (C=O) groups is 1. The number of hydrogen-bond donors (Lipinski definition) is 2. The molecule has 0 saturated carbocycles. The number of nitrogens with one attached hydrogen (secondary N) is 1. The van der Waals surface area contributed by atoms with E-state index in [2.05, 4.69) is 17.1 Å². The average Bonchev–Trinajstić information content (AvgIpc) is 2.60. The summed E-state index contributed by atoms with van der Waals surface area (Å²) < 4.78 is 12.9. The van der Waals surface area contributed by atoms with Gasteiger partial charge < -0.3 is 10.4 Å². The van der Waals surface area contributed by atoms with Gasteiger partial charge in [0.1, 0.15) is 5.82 Å². The smallest absolute Gasteiger partial charge is 0.237 e. The summed E-state index contributed by atoms with van der Waals surface area (Å²) in [6, 6.07) is 5.96. The lowest BCUT2D eigenvalue weighted by Gasteiger charge is -2.42. The minimum Gasteiger partial charge on any atom is -0.396 e. The molecule has 1 heterocycles. The van der Waals surface area contributed by atoms with Crippen molar-refractivity contribution in [3.63, 3.8) is 0 Å². The molecule has 4 nitrogen and oxygen atoms in total. The fourth-order valence-corrected chi connectivity index (χ4v) is 3.11. The summed E-state index contributed by atoms with van der Waals surface area (Å²) in [7, 11) is 0. The van der Waals surface area contributed by atoms with Gasteiger partial charge in [-0.05, 0) is 62.4 Å². The first-order valence-electron chi connectivity index (χ1n) is 8.37. The second-order valence-corrected chi connectivity index (χ2v) is 6.57. The summed E-state index contributed by atoms with van der Waals surface area (Å²) in [5, 5.41) is 12.5. The van der Waals surface area contributed by atoms with Crippen molar-refractivity contribution in [2.45, 2.75) is 45.7 Å². The molecule has 0 aliphatic carbocycles. The first kappa shape index (κ1) is 17.9. The van der Waals surface area contributed by atoms with Gasteiger partial charge in [-0.25, -0.2) is 4.39 Å².